The van der Waals surface area contributed by atoms with E-state index in [2.05, 4.69) is 51.7 Å². The van der Waals surface area contributed by atoms with E-state index in [-0.39, 0.29) is 103 Å². The number of sulfonamides is 2. The van der Waals surface area contributed by atoms with E-state index in [0.717, 1.165) is 29.9 Å². The van der Waals surface area contributed by atoms with Gasteiger partial charge in [-0.05, 0) is 144 Å². The third-order valence-corrected chi connectivity index (χ3v) is 29.1. The highest BCUT2D eigenvalue weighted by Gasteiger charge is 2.64. The molecule has 8 aliphatic carbocycles. The first-order chi connectivity index (χ1) is 54.6. The highest BCUT2D eigenvalue weighted by molar-refractivity contribution is 7.91. The van der Waals surface area contributed by atoms with Crippen molar-refractivity contribution in [2.24, 2.45) is 34.0 Å². The number of likely N-dealkylation sites (N-methyl/N-ethyl adjacent to an activating group) is 1. The summed E-state index contributed by atoms with van der Waals surface area (Å²) >= 11 is 0. The van der Waals surface area contributed by atoms with Crippen LogP contribution in [0.2, 0.25) is 0 Å². The first-order valence-electron chi connectivity index (χ1n) is 39.1. The lowest BCUT2D eigenvalue weighted by Crippen LogP contribution is -2.63. The smallest absolute Gasteiger partial charge is 0.410 e. The molecule has 0 radical (unpaired) electrons. The molecule has 11 fully saturated rings. The number of halogens is 2. The number of hydrogen-bond donors (Lipinski definition) is 5. The Hall–Kier alpha value is -10.1. The number of esters is 1. The number of carbonyl (C=O) groups excluding carboxylic acids is 13. The van der Waals surface area contributed by atoms with Gasteiger partial charge in [0.15, 0.2) is 5.78 Å². The molecular weight excluding hydrogens is 1540 g/mol. The molecule has 5 N–H and O–H groups in total. The number of amides is 11. The zero-order valence-electron chi connectivity index (χ0n) is 64.2. The number of hydrogen-bond acceptors (Lipinski definition) is 21. The normalized spacial score (nSPS) is 28.1. The van der Waals surface area contributed by atoms with Crippen LogP contribution in [0.3, 0.4) is 0 Å². The monoisotopic (exact) mass is 1640 g/mol. The number of nitrogens with one attached hydrogen (secondary N) is 5. The van der Waals surface area contributed by atoms with Gasteiger partial charge in [-0.3, -0.25) is 67.2 Å². The number of likely N-dealkylation sites (tertiary alicyclic amines) is 3. The fourth-order valence-electron chi connectivity index (χ4n) is 17.8. The molecule has 13 aliphatic rings. The maximum Gasteiger partial charge on any atom is 0.410 e. The number of ketones is 1. The fourth-order valence-corrected chi connectivity index (χ4v) is 20.5. The molecule has 620 valence electrons. The molecule has 8 saturated carbocycles. The third-order valence-electron chi connectivity index (χ3n) is 25.4. The van der Waals surface area contributed by atoms with Crippen molar-refractivity contribution in [3.05, 3.63) is 121 Å². The first kappa shape index (κ1) is 82.8. The summed E-state index contributed by atoms with van der Waals surface area (Å²) in [6.07, 6.45) is 6.83. The van der Waals surface area contributed by atoms with Crippen LogP contribution in [-0.4, -0.2) is 229 Å². The lowest BCUT2D eigenvalue weighted by atomic mass is 9.53. The summed E-state index contributed by atoms with van der Waals surface area (Å²) in [7, 11) is -5.18. The molecule has 115 heavy (non-hydrogen) atoms. The van der Waals surface area contributed by atoms with Crippen molar-refractivity contribution in [1.29, 1.82) is 0 Å². The van der Waals surface area contributed by atoms with Gasteiger partial charge in [0.25, 0.3) is 5.91 Å². The van der Waals surface area contributed by atoms with Crippen LogP contribution in [0.15, 0.2) is 87.0 Å². The summed E-state index contributed by atoms with van der Waals surface area (Å²) in [4.78, 5) is 185. The van der Waals surface area contributed by atoms with E-state index < -0.39 is 190 Å². The molecule has 2 aromatic carbocycles. The molecule has 0 aromatic heterocycles. The van der Waals surface area contributed by atoms with Gasteiger partial charge in [0.1, 0.15) is 53.6 Å². The summed E-state index contributed by atoms with van der Waals surface area (Å²) in [5.74, 6) is -8.93. The second kappa shape index (κ2) is 32.5. The van der Waals surface area contributed by atoms with Crippen molar-refractivity contribution in [3.8, 4) is 0 Å². The molecule has 0 spiro atoms. The minimum absolute atomic E-state index is 0.0282. The van der Waals surface area contributed by atoms with Crippen LogP contribution in [0.25, 0.3) is 0 Å². The van der Waals surface area contributed by atoms with Crippen LogP contribution in [0.5, 0.6) is 0 Å². The maximum absolute atomic E-state index is 14.8. The number of alkyl carbamates (subject to hydrolysis) is 1. The number of fused-ring (bicyclic) bond motifs is 5. The van der Waals surface area contributed by atoms with Gasteiger partial charge >= 0.3 is 24.2 Å². The Morgan fingerprint density at radius 3 is 1.60 bits per heavy atom. The minimum Gasteiger partial charge on any atom is -0.469 e. The third kappa shape index (κ3) is 17.0. The molecule has 15 rings (SSSR count). The Morgan fingerprint density at radius 1 is 0.591 bits per heavy atom. The van der Waals surface area contributed by atoms with E-state index in [1.54, 1.807) is 18.2 Å². The minimum atomic E-state index is -4.00. The summed E-state index contributed by atoms with van der Waals surface area (Å²) in [6.45, 7) is 13.9. The van der Waals surface area contributed by atoms with Crippen LogP contribution >= 0.6 is 0 Å². The summed E-state index contributed by atoms with van der Waals surface area (Å²) < 4.78 is 107. The van der Waals surface area contributed by atoms with Gasteiger partial charge in [-0.15, -0.1) is 13.2 Å². The second-order valence-electron chi connectivity index (χ2n) is 32.8. The van der Waals surface area contributed by atoms with Crippen LogP contribution < -0.4 is 25.4 Å². The average Bonchev–Trinajstić information content (AvgIpc) is 0.787. The zero-order chi connectivity index (χ0) is 82.6. The fraction of sp³-hybridized carbons (Fsp3) is 0.582. The standard InChI is InChI=1S/C41H51FN6O11S.C38H46FN5O10S/c1-5-25-19-41(25,36(53)45-60(56,57)27-10-11-27)44-33(50)31-18-26(59-38(55)47-20-24-8-7-9-29(42)28(24)22-47)21-48(31)34(51)30(23-46(3)32(49)6-2)43-35(52)39-12-15-40(16-13-39,17-14-39)37(54)58-4;1-3-24-15-38(24,35(48)41-55(51,52)27-12-13-27)16-31(45)30-14-26(54-37(50)43-17-22-8-7-11-29(39)28(22)21-43)20-44(30)34(47)33(23-18-42(19-23)32(46)4-2)40-36(49)53-25-9-5-6-10-25/h5-9,25-27,30-31H,1-2,10-23H2,3-4H3,(H,43,52)(H,44,50)(H,45,53);3-4,7-8,11,23-27,30,33H,1-2,5-6,9-10,12-21H2,(H,40,49)(H,41,48)/t25-,26?,30?,31+,39?,40?,41-;24-,26?,30+,33?,38-/m11/s1. The number of ether oxygens (including phenoxy) is 4. The maximum atomic E-state index is 14.8. The Bertz CT molecular complexity index is 4600. The number of carbonyl (C=O) groups is 13. The summed E-state index contributed by atoms with van der Waals surface area (Å²) in [6, 6.07) is 3.80. The largest absolute Gasteiger partial charge is 0.469 e. The highest BCUT2D eigenvalue weighted by atomic mass is 32.2. The van der Waals surface area contributed by atoms with Gasteiger partial charge in [-0.25, -0.2) is 40.0 Å². The number of benzene rings is 2. The van der Waals surface area contributed by atoms with Crippen LogP contribution in [-0.2, 0) is 113 Å². The van der Waals surface area contributed by atoms with Gasteiger partial charge in [0.05, 0.1) is 60.7 Å². The number of allylic oxidation sites excluding steroid dienone is 1. The van der Waals surface area contributed by atoms with Gasteiger partial charge in [0.2, 0.25) is 61.4 Å². The van der Waals surface area contributed by atoms with Crippen molar-refractivity contribution >= 4 is 97.3 Å². The molecule has 11 amide bonds. The van der Waals surface area contributed by atoms with E-state index in [4.69, 9.17) is 18.9 Å². The van der Waals surface area contributed by atoms with E-state index in [0.29, 0.717) is 99.3 Å². The lowest BCUT2D eigenvalue weighted by Gasteiger charge is -2.51. The van der Waals surface area contributed by atoms with Gasteiger partial charge in [-0.2, -0.15) is 0 Å². The number of methoxy groups -OCH3 is 1. The van der Waals surface area contributed by atoms with Gasteiger partial charge < -0.3 is 54.5 Å². The number of rotatable bonds is 27. The van der Waals surface area contributed by atoms with Gasteiger partial charge in [0, 0.05) is 87.4 Å². The molecule has 32 nitrogen and oxygen atoms in total. The van der Waals surface area contributed by atoms with Crippen molar-refractivity contribution < 1.29 is 107 Å². The van der Waals surface area contributed by atoms with Crippen molar-refractivity contribution in [3.63, 3.8) is 0 Å². The lowest BCUT2D eigenvalue weighted by molar-refractivity contribution is -0.167. The van der Waals surface area contributed by atoms with Crippen molar-refractivity contribution in [1.82, 2.24) is 54.8 Å². The predicted molar refractivity (Wildman–Crippen MR) is 402 cm³/mol. The van der Waals surface area contributed by atoms with Crippen molar-refractivity contribution in [2.45, 2.75) is 207 Å². The summed E-state index contributed by atoms with van der Waals surface area (Å²) in [5.41, 5.74) is -2.75. The van der Waals surface area contributed by atoms with Gasteiger partial charge in [-0.1, -0.05) is 49.6 Å². The highest BCUT2D eigenvalue weighted by Crippen LogP contribution is 2.59. The predicted octanol–water partition coefficient (Wildman–Crippen LogP) is 4.25. The molecule has 2 bridgehead atoms. The van der Waals surface area contributed by atoms with Crippen molar-refractivity contribution in [2.75, 3.05) is 46.9 Å². The molecule has 3 saturated heterocycles. The summed E-state index contributed by atoms with van der Waals surface area (Å²) in [5, 5.41) is 6.84. The molecule has 10 atom stereocenters. The topological polar surface area (TPSA) is 407 Å². The number of Topliss-reactive ketones (excluding diaryl/α,β-unsaturated/α-hetero) is 1. The molecule has 5 heterocycles. The van der Waals surface area contributed by atoms with E-state index in [1.165, 1.54) is 69.0 Å². The van der Waals surface area contributed by atoms with Crippen LogP contribution in [0, 0.1) is 45.6 Å². The van der Waals surface area contributed by atoms with E-state index in [1.807, 2.05) is 0 Å². The number of nitrogens with zero attached hydrogens (tertiary/aromatic N) is 6. The first-order valence-corrected chi connectivity index (χ1v) is 42.2. The SMILES string of the molecule is C=CC(=O)N(C)CC(NC(=O)C12CCC(C(=O)OC)(CC1)CC2)C(=O)N1CC(OC(=O)N2Cc3cccc(F)c3C2)C[C@H]1C(=O)N[C@]1(C(=O)NS(=O)(=O)C2CC2)C[C@H]1C=C.C=CC(=O)N1CC(C(NC(=O)OC2CCCC2)C(=O)N2CC(OC(=O)N3Cc4cccc(F)c4C3)C[C@H]2C(=O)C[C@]2(C(=O)NS(=O)(=O)C3CC3)C[C@H]2C=C)C1. The van der Waals surface area contributed by atoms with E-state index >= 15 is 0 Å². The van der Waals surface area contributed by atoms with Crippen LogP contribution in [0.4, 0.5) is 23.2 Å². The zero-order valence-corrected chi connectivity index (χ0v) is 65.8. The Kier molecular flexibility index (Phi) is 23.4. The Morgan fingerprint density at radius 2 is 1.11 bits per heavy atom. The molecule has 2 aromatic rings. The second-order valence-corrected chi connectivity index (χ2v) is 36.7. The Labute approximate surface area is 664 Å². The average molecular weight is 1640 g/mol. The van der Waals surface area contributed by atoms with Crippen LogP contribution in [0.1, 0.15) is 144 Å². The Balaban J connectivity index is 0.000000201. The molecule has 4 unspecified atom stereocenters. The molecular formula is C79H97F2N11O21S2. The molecule has 36 heteroatoms. The van der Waals surface area contributed by atoms with E-state index in [9.17, 15) is 87.9 Å². The molecule has 5 aliphatic heterocycles. The quantitative estimate of drug-likeness (QED) is 0.0361.